The molecular formula is C22H25N5O3. The van der Waals surface area contributed by atoms with Crippen molar-refractivity contribution in [1.29, 1.82) is 0 Å². The summed E-state index contributed by atoms with van der Waals surface area (Å²) >= 11 is 0. The number of esters is 1. The normalized spacial score (nSPS) is 11.8. The summed E-state index contributed by atoms with van der Waals surface area (Å²) in [4.78, 5) is 25.1. The van der Waals surface area contributed by atoms with Crippen molar-refractivity contribution in [3.05, 3.63) is 60.3 Å². The van der Waals surface area contributed by atoms with Crippen LogP contribution in [0, 0.1) is 5.92 Å². The van der Waals surface area contributed by atoms with Crippen LogP contribution in [0.5, 0.6) is 0 Å². The van der Waals surface area contributed by atoms with Crippen molar-refractivity contribution in [2.45, 2.75) is 19.9 Å². The molecule has 0 aliphatic heterocycles. The van der Waals surface area contributed by atoms with Gasteiger partial charge in [0.2, 0.25) is 5.95 Å². The Labute approximate surface area is 175 Å². The van der Waals surface area contributed by atoms with Crippen LogP contribution in [0.3, 0.4) is 0 Å². The molecule has 156 valence electrons. The summed E-state index contributed by atoms with van der Waals surface area (Å²) in [5, 5.41) is 16.1. The van der Waals surface area contributed by atoms with E-state index in [9.17, 15) is 9.90 Å². The molecule has 0 aliphatic rings. The van der Waals surface area contributed by atoms with Crippen molar-refractivity contribution in [3.8, 4) is 11.4 Å². The fraction of sp³-hybridized carbons (Fsp3) is 0.273. The van der Waals surface area contributed by atoms with E-state index in [0.717, 1.165) is 5.69 Å². The quantitative estimate of drug-likeness (QED) is 0.487. The molecule has 3 rings (SSSR count). The second-order valence-corrected chi connectivity index (χ2v) is 7.05. The number of benzene rings is 1. The SMILES string of the molecule is COC(=O)c1ccc(Nc2cc(-c3ccccn3)nc(N[C@H](CO)C(C)C)n2)cc1. The minimum atomic E-state index is -0.392. The number of hydrogen-bond donors (Lipinski definition) is 3. The molecule has 8 nitrogen and oxygen atoms in total. The molecule has 8 heteroatoms. The summed E-state index contributed by atoms with van der Waals surface area (Å²) in [5.74, 6) is 0.745. The number of rotatable bonds is 8. The first-order valence-corrected chi connectivity index (χ1v) is 9.63. The number of aromatic nitrogens is 3. The Morgan fingerprint density at radius 1 is 1.10 bits per heavy atom. The van der Waals surface area contributed by atoms with Gasteiger partial charge in [-0.2, -0.15) is 4.98 Å². The van der Waals surface area contributed by atoms with Crippen LogP contribution >= 0.6 is 0 Å². The van der Waals surface area contributed by atoms with Gasteiger partial charge in [-0.25, -0.2) is 9.78 Å². The summed E-state index contributed by atoms with van der Waals surface area (Å²) in [7, 11) is 1.35. The second-order valence-electron chi connectivity index (χ2n) is 7.05. The molecule has 1 atom stereocenters. The molecule has 0 unspecified atom stereocenters. The number of nitrogens with one attached hydrogen (secondary N) is 2. The maximum Gasteiger partial charge on any atom is 0.337 e. The molecule has 0 bridgehead atoms. The summed E-state index contributed by atoms with van der Waals surface area (Å²) in [6.07, 6.45) is 1.70. The lowest BCUT2D eigenvalue weighted by atomic mass is 10.1. The first-order chi connectivity index (χ1) is 14.5. The van der Waals surface area contributed by atoms with Crippen LogP contribution < -0.4 is 10.6 Å². The molecule has 0 amide bonds. The molecule has 0 saturated carbocycles. The predicted molar refractivity (Wildman–Crippen MR) is 116 cm³/mol. The monoisotopic (exact) mass is 407 g/mol. The van der Waals surface area contributed by atoms with E-state index in [4.69, 9.17) is 4.74 Å². The van der Waals surface area contributed by atoms with E-state index in [1.807, 2.05) is 32.0 Å². The third kappa shape index (κ3) is 5.30. The highest BCUT2D eigenvalue weighted by Gasteiger charge is 2.15. The summed E-state index contributed by atoms with van der Waals surface area (Å²) in [5.41, 5.74) is 2.56. The Hall–Kier alpha value is -3.52. The molecule has 0 spiro atoms. The van der Waals surface area contributed by atoms with Crippen LogP contribution in [0.25, 0.3) is 11.4 Å². The standard InChI is InChI=1S/C22H25N5O3/c1-14(2)19(13-28)26-22-25-18(17-6-4-5-11-23-17)12-20(27-22)24-16-9-7-15(8-10-16)21(29)30-3/h4-12,14,19,28H,13H2,1-3H3,(H2,24,25,26,27)/t19-/m1/s1. The molecule has 0 radical (unpaired) electrons. The van der Waals surface area contributed by atoms with Crippen molar-refractivity contribution >= 4 is 23.4 Å². The van der Waals surface area contributed by atoms with Crippen molar-refractivity contribution in [1.82, 2.24) is 15.0 Å². The minimum absolute atomic E-state index is 0.0351. The Kier molecular flexibility index (Phi) is 6.92. The van der Waals surface area contributed by atoms with Crippen LogP contribution in [-0.2, 0) is 4.74 Å². The van der Waals surface area contributed by atoms with E-state index in [-0.39, 0.29) is 18.6 Å². The van der Waals surface area contributed by atoms with Gasteiger partial charge < -0.3 is 20.5 Å². The molecule has 3 N–H and O–H groups in total. The number of methoxy groups -OCH3 is 1. The van der Waals surface area contributed by atoms with E-state index in [2.05, 4.69) is 25.6 Å². The van der Waals surface area contributed by atoms with E-state index in [1.54, 1.807) is 36.5 Å². The lowest BCUT2D eigenvalue weighted by molar-refractivity contribution is 0.0601. The maximum atomic E-state index is 11.6. The van der Waals surface area contributed by atoms with Crippen LogP contribution in [0.4, 0.5) is 17.5 Å². The smallest absolute Gasteiger partial charge is 0.337 e. The van der Waals surface area contributed by atoms with Gasteiger partial charge in [-0.3, -0.25) is 4.98 Å². The van der Waals surface area contributed by atoms with Crippen molar-refractivity contribution in [2.24, 2.45) is 5.92 Å². The number of carbonyl (C=O) groups is 1. The second kappa shape index (κ2) is 9.80. The lowest BCUT2D eigenvalue weighted by Crippen LogP contribution is -2.30. The number of aliphatic hydroxyl groups excluding tert-OH is 1. The molecule has 1 aromatic carbocycles. The Balaban J connectivity index is 1.92. The number of hydrogen-bond acceptors (Lipinski definition) is 8. The maximum absolute atomic E-state index is 11.6. The molecule has 0 saturated heterocycles. The number of aliphatic hydroxyl groups is 1. The molecule has 0 fully saturated rings. The fourth-order valence-electron chi connectivity index (χ4n) is 2.77. The van der Waals surface area contributed by atoms with Gasteiger partial charge in [0.25, 0.3) is 0 Å². The molecule has 3 aromatic rings. The number of nitrogens with zero attached hydrogens (tertiary/aromatic N) is 3. The lowest BCUT2D eigenvalue weighted by Gasteiger charge is -2.20. The first kappa shape index (κ1) is 21.2. The zero-order valence-electron chi connectivity index (χ0n) is 17.2. The minimum Gasteiger partial charge on any atom is -0.465 e. The molecule has 2 aromatic heterocycles. The summed E-state index contributed by atoms with van der Waals surface area (Å²) < 4.78 is 4.73. The van der Waals surface area contributed by atoms with E-state index in [0.29, 0.717) is 28.7 Å². The fourth-order valence-corrected chi connectivity index (χ4v) is 2.77. The average molecular weight is 407 g/mol. The number of anilines is 3. The predicted octanol–water partition coefficient (Wildman–Crippen LogP) is 3.50. The zero-order valence-corrected chi connectivity index (χ0v) is 17.2. The van der Waals surface area contributed by atoms with Gasteiger partial charge in [0, 0.05) is 18.0 Å². The zero-order chi connectivity index (χ0) is 21.5. The number of ether oxygens (including phenoxy) is 1. The summed E-state index contributed by atoms with van der Waals surface area (Å²) in [6.45, 7) is 3.99. The Bertz CT molecular complexity index is 978. The highest BCUT2D eigenvalue weighted by Crippen LogP contribution is 2.23. The van der Waals surface area contributed by atoms with Gasteiger partial charge in [0.1, 0.15) is 5.82 Å². The number of pyridine rings is 1. The van der Waals surface area contributed by atoms with Crippen LogP contribution in [0.15, 0.2) is 54.7 Å². The van der Waals surface area contributed by atoms with Gasteiger partial charge in [-0.1, -0.05) is 19.9 Å². The first-order valence-electron chi connectivity index (χ1n) is 9.63. The van der Waals surface area contributed by atoms with Gasteiger partial charge in [0.15, 0.2) is 0 Å². The van der Waals surface area contributed by atoms with Gasteiger partial charge in [-0.15, -0.1) is 0 Å². The number of carbonyl (C=O) groups excluding carboxylic acids is 1. The summed E-state index contributed by atoms with van der Waals surface area (Å²) in [6, 6.07) is 14.1. The molecule has 30 heavy (non-hydrogen) atoms. The highest BCUT2D eigenvalue weighted by molar-refractivity contribution is 5.89. The molecule has 0 aliphatic carbocycles. The topological polar surface area (TPSA) is 109 Å². The van der Waals surface area contributed by atoms with Crippen molar-refractivity contribution < 1.29 is 14.6 Å². The van der Waals surface area contributed by atoms with Gasteiger partial charge >= 0.3 is 5.97 Å². The highest BCUT2D eigenvalue weighted by atomic mass is 16.5. The Morgan fingerprint density at radius 3 is 2.47 bits per heavy atom. The van der Waals surface area contributed by atoms with Gasteiger partial charge in [-0.05, 0) is 42.3 Å². The van der Waals surface area contributed by atoms with Crippen LogP contribution in [0.1, 0.15) is 24.2 Å². The average Bonchev–Trinajstić information content (AvgIpc) is 2.77. The third-order valence-electron chi connectivity index (χ3n) is 4.55. The molecule has 2 heterocycles. The van der Waals surface area contributed by atoms with Crippen LogP contribution in [0.2, 0.25) is 0 Å². The van der Waals surface area contributed by atoms with E-state index in [1.165, 1.54) is 7.11 Å². The van der Waals surface area contributed by atoms with Gasteiger partial charge in [0.05, 0.1) is 36.7 Å². The molecular weight excluding hydrogens is 382 g/mol. The van der Waals surface area contributed by atoms with E-state index < -0.39 is 5.97 Å². The Morgan fingerprint density at radius 2 is 1.87 bits per heavy atom. The largest absolute Gasteiger partial charge is 0.465 e. The van der Waals surface area contributed by atoms with Crippen molar-refractivity contribution in [3.63, 3.8) is 0 Å². The van der Waals surface area contributed by atoms with Crippen LogP contribution in [-0.4, -0.2) is 45.8 Å². The third-order valence-corrected chi connectivity index (χ3v) is 4.55. The van der Waals surface area contributed by atoms with Crippen molar-refractivity contribution in [2.75, 3.05) is 24.4 Å². The van der Waals surface area contributed by atoms with E-state index >= 15 is 0 Å².